The fraction of sp³-hybridized carbons (Fsp3) is 0.417. The van der Waals surface area contributed by atoms with Crippen LogP contribution in [0.15, 0.2) is 30.3 Å². The van der Waals surface area contributed by atoms with Gasteiger partial charge in [-0.1, -0.05) is 37.3 Å². The van der Waals surface area contributed by atoms with Crippen molar-refractivity contribution < 1.29 is 4.79 Å². The van der Waals surface area contributed by atoms with Crippen molar-refractivity contribution in [3.63, 3.8) is 0 Å². The smallest absolute Gasteiger partial charge is 0.240 e. The summed E-state index contributed by atoms with van der Waals surface area (Å²) in [5.41, 5.74) is 6.93. The monoisotopic (exact) mass is 204 g/mol. The van der Waals surface area contributed by atoms with E-state index in [0.717, 1.165) is 12.1 Å². The highest BCUT2D eigenvalue weighted by molar-refractivity contribution is 5.84. The SMILES string of the molecule is C[C@@H]1CN(Cc2ccccc2)C(=O)[C@@H]1N. The number of carbonyl (C=O) groups excluding carboxylic acids is 1. The maximum atomic E-state index is 11.7. The Bertz CT molecular complexity index is 350. The zero-order valence-electron chi connectivity index (χ0n) is 8.89. The summed E-state index contributed by atoms with van der Waals surface area (Å²) >= 11 is 0. The summed E-state index contributed by atoms with van der Waals surface area (Å²) in [7, 11) is 0. The molecule has 1 heterocycles. The largest absolute Gasteiger partial charge is 0.337 e. The quantitative estimate of drug-likeness (QED) is 0.781. The molecule has 2 rings (SSSR count). The van der Waals surface area contributed by atoms with E-state index >= 15 is 0 Å². The summed E-state index contributed by atoms with van der Waals surface area (Å²) in [6.07, 6.45) is 0. The molecule has 0 aliphatic carbocycles. The van der Waals surface area contributed by atoms with Crippen LogP contribution in [0.25, 0.3) is 0 Å². The minimum Gasteiger partial charge on any atom is -0.337 e. The van der Waals surface area contributed by atoms with Crippen LogP contribution in [0.2, 0.25) is 0 Å². The summed E-state index contributed by atoms with van der Waals surface area (Å²) in [5, 5.41) is 0. The highest BCUT2D eigenvalue weighted by Gasteiger charge is 2.34. The van der Waals surface area contributed by atoms with Gasteiger partial charge in [-0.05, 0) is 11.5 Å². The normalized spacial score (nSPS) is 26.0. The molecule has 2 N–H and O–H groups in total. The first kappa shape index (κ1) is 10.2. The van der Waals surface area contributed by atoms with E-state index in [-0.39, 0.29) is 17.9 Å². The molecule has 3 heteroatoms. The van der Waals surface area contributed by atoms with Gasteiger partial charge in [-0.25, -0.2) is 0 Å². The summed E-state index contributed by atoms with van der Waals surface area (Å²) in [6.45, 7) is 3.47. The Hall–Kier alpha value is -1.35. The van der Waals surface area contributed by atoms with Crippen molar-refractivity contribution in [2.75, 3.05) is 6.54 Å². The third-order valence-electron chi connectivity index (χ3n) is 2.93. The number of hydrogen-bond donors (Lipinski definition) is 1. The van der Waals surface area contributed by atoms with Gasteiger partial charge < -0.3 is 10.6 Å². The van der Waals surface area contributed by atoms with Gasteiger partial charge in [-0.15, -0.1) is 0 Å². The number of benzene rings is 1. The molecule has 1 amide bonds. The zero-order chi connectivity index (χ0) is 10.8. The van der Waals surface area contributed by atoms with E-state index in [1.54, 1.807) is 0 Å². The summed E-state index contributed by atoms with van der Waals surface area (Å²) < 4.78 is 0. The number of carbonyl (C=O) groups is 1. The van der Waals surface area contributed by atoms with Crippen molar-refractivity contribution in [1.82, 2.24) is 4.90 Å². The topological polar surface area (TPSA) is 46.3 Å². The van der Waals surface area contributed by atoms with E-state index in [9.17, 15) is 4.79 Å². The van der Waals surface area contributed by atoms with Gasteiger partial charge in [0.2, 0.25) is 5.91 Å². The van der Waals surface area contributed by atoms with Crippen LogP contribution in [0.1, 0.15) is 12.5 Å². The summed E-state index contributed by atoms with van der Waals surface area (Å²) in [4.78, 5) is 13.6. The minimum atomic E-state index is -0.311. The molecule has 0 saturated carbocycles. The predicted octanol–water partition coefficient (Wildman–Crippen LogP) is 0.992. The average molecular weight is 204 g/mol. The molecule has 1 fully saturated rings. The summed E-state index contributed by atoms with van der Waals surface area (Å²) in [6, 6.07) is 9.69. The molecule has 0 bridgehead atoms. The third-order valence-corrected chi connectivity index (χ3v) is 2.93. The molecule has 0 aromatic heterocycles. The van der Waals surface area contributed by atoms with Crippen LogP contribution in [0.5, 0.6) is 0 Å². The van der Waals surface area contributed by atoms with Crippen molar-refractivity contribution in [2.45, 2.75) is 19.5 Å². The number of rotatable bonds is 2. The Morgan fingerprint density at radius 1 is 1.40 bits per heavy atom. The number of nitrogens with two attached hydrogens (primary N) is 1. The molecule has 80 valence electrons. The van der Waals surface area contributed by atoms with Crippen LogP contribution < -0.4 is 5.73 Å². The number of hydrogen-bond acceptors (Lipinski definition) is 2. The Morgan fingerprint density at radius 3 is 2.60 bits per heavy atom. The highest BCUT2D eigenvalue weighted by Crippen LogP contribution is 2.18. The lowest BCUT2D eigenvalue weighted by atomic mass is 10.1. The average Bonchev–Trinajstić information content (AvgIpc) is 2.48. The van der Waals surface area contributed by atoms with Gasteiger partial charge in [-0.2, -0.15) is 0 Å². The standard InChI is InChI=1S/C12H16N2O/c1-9-7-14(12(15)11(9)13)8-10-5-3-2-4-6-10/h2-6,9,11H,7-8,13H2,1H3/t9-,11-/m1/s1. The van der Waals surface area contributed by atoms with Crippen LogP contribution >= 0.6 is 0 Å². The van der Waals surface area contributed by atoms with Gasteiger partial charge in [0.15, 0.2) is 0 Å². The molecule has 0 radical (unpaired) electrons. The van der Waals surface area contributed by atoms with Crippen molar-refractivity contribution in [2.24, 2.45) is 11.7 Å². The molecule has 2 atom stereocenters. The van der Waals surface area contributed by atoms with E-state index in [1.165, 1.54) is 0 Å². The molecular formula is C12H16N2O. The van der Waals surface area contributed by atoms with Crippen molar-refractivity contribution >= 4 is 5.91 Å². The second-order valence-electron chi connectivity index (χ2n) is 4.21. The van der Waals surface area contributed by atoms with Gasteiger partial charge >= 0.3 is 0 Å². The Labute approximate surface area is 89.9 Å². The van der Waals surface area contributed by atoms with Crippen molar-refractivity contribution in [1.29, 1.82) is 0 Å². The van der Waals surface area contributed by atoms with E-state index < -0.39 is 0 Å². The minimum absolute atomic E-state index is 0.0753. The van der Waals surface area contributed by atoms with Gasteiger partial charge in [0, 0.05) is 13.1 Å². The Kier molecular flexibility index (Phi) is 2.73. The van der Waals surface area contributed by atoms with Crippen LogP contribution in [0.4, 0.5) is 0 Å². The number of likely N-dealkylation sites (tertiary alicyclic amines) is 1. The first-order valence-electron chi connectivity index (χ1n) is 5.27. The fourth-order valence-corrected chi connectivity index (χ4v) is 1.95. The van der Waals surface area contributed by atoms with E-state index in [0.29, 0.717) is 6.54 Å². The number of nitrogens with zero attached hydrogens (tertiary/aromatic N) is 1. The molecule has 3 nitrogen and oxygen atoms in total. The van der Waals surface area contributed by atoms with Gasteiger partial charge in [0.1, 0.15) is 0 Å². The molecule has 1 saturated heterocycles. The second-order valence-corrected chi connectivity index (χ2v) is 4.21. The van der Waals surface area contributed by atoms with Gasteiger partial charge in [0.25, 0.3) is 0 Å². The molecule has 1 aliphatic heterocycles. The molecule has 1 aromatic rings. The zero-order valence-corrected chi connectivity index (χ0v) is 8.89. The maximum Gasteiger partial charge on any atom is 0.240 e. The molecule has 0 spiro atoms. The lowest BCUT2D eigenvalue weighted by molar-refractivity contribution is -0.129. The molecule has 1 aliphatic rings. The molecule has 0 unspecified atom stereocenters. The van der Waals surface area contributed by atoms with Crippen molar-refractivity contribution in [3.05, 3.63) is 35.9 Å². The van der Waals surface area contributed by atoms with Crippen LogP contribution in [0.3, 0.4) is 0 Å². The van der Waals surface area contributed by atoms with Gasteiger partial charge in [0.05, 0.1) is 6.04 Å². The third kappa shape index (κ3) is 2.02. The Balaban J connectivity index is 2.05. The van der Waals surface area contributed by atoms with Crippen LogP contribution in [-0.4, -0.2) is 23.4 Å². The predicted molar refractivity (Wildman–Crippen MR) is 59.0 cm³/mol. The van der Waals surface area contributed by atoms with E-state index in [2.05, 4.69) is 0 Å². The molecule has 15 heavy (non-hydrogen) atoms. The highest BCUT2D eigenvalue weighted by atomic mass is 16.2. The van der Waals surface area contributed by atoms with E-state index in [1.807, 2.05) is 42.2 Å². The first-order valence-corrected chi connectivity index (χ1v) is 5.27. The second kappa shape index (κ2) is 4.03. The van der Waals surface area contributed by atoms with Crippen LogP contribution in [-0.2, 0) is 11.3 Å². The first-order chi connectivity index (χ1) is 7.18. The van der Waals surface area contributed by atoms with Crippen molar-refractivity contribution in [3.8, 4) is 0 Å². The lowest BCUT2D eigenvalue weighted by Gasteiger charge is -2.15. The molecular weight excluding hydrogens is 188 g/mol. The van der Waals surface area contributed by atoms with Gasteiger partial charge in [-0.3, -0.25) is 4.79 Å². The Morgan fingerprint density at radius 2 is 2.07 bits per heavy atom. The fourth-order valence-electron chi connectivity index (χ4n) is 1.95. The maximum absolute atomic E-state index is 11.7. The van der Waals surface area contributed by atoms with Crippen LogP contribution in [0, 0.1) is 5.92 Å². The number of amides is 1. The summed E-state index contributed by atoms with van der Waals surface area (Å²) in [5.74, 6) is 0.340. The molecule has 1 aromatic carbocycles. The van der Waals surface area contributed by atoms with E-state index in [4.69, 9.17) is 5.73 Å². The lowest BCUT2D eigenvalue weighted by Crippen LogP contribution is -2.35.